The van der Waals surface area contributed by atoms with Gasteiger partial charge < -0.3 is 15.6 Å². The predicted molar refractivity (Wildman–Crippen MR) is 80.1 cm³/mol. The number of hydrogen-bond donors (Lipinski definition) is 3. The summed E-state index contributed by atoms with van der Waals surface area (Å²) in [5.74, 6) is -0.526. The maximum absolute atomic E-state index is 12.2. The van der Waals surface area contributed by atoms with E-state index in [1.165, 1.54) is 19.4 Å². The smallest absolute Gasteiger partial charge is 0.243 e. The molecule has 2 aromatic heterocycles. The molecule has 0 aromatic carbocycles. The summed E-state index contributed by atoms with van der Waals surface area (Å²) in [6, 6.07) is -0.654. The molecule has 0 bridgehead atoms. The number of nitrogens with zero attached hydrogens (tertiary/aromatic N) is 3. The van der Waals surface area contributed by atoms with Crippen molar-refractivity contribution in [3.8, 4) is 0 Å². The zero-order chi connectivity index (χ0) is 15.9. The van der Waals surface area contributed by atoms with E-state index in [-0.39, 0.29) is 11.8 Å². The Morgan fingerprint density at radius 2 is 2.27 bits per heavy atom. The molecule has 9 heteroatoms. The van der Waals surface area contributed by atoms with Gasteiger partial charge in [-0.3, -0.25) is 14.3 Å². The Kier molecular flexibility index (Phi) is 5.54. The van der Waals surface area contributed by atoms with Gasteiger partial charge in [0.2, 0.25) is 11.8 Å². The van der Waals surface area contributed by atoms with Crippen LogP contribution in [0.4, 0.5) is 0 Å². The van der Waals surface area contributed by atoms with E-state index in [0.29, 0.717) is 24.5 Å². The molecule has 0 saturated heterocycles. The molecule has 0 saturated carbocycles. The first-order chi connectivity index (χ1) is 10.5. The third kappa shape index (κ3) is 4.88. The molecule has 0 unspecified atom stereocenters. The summed E-state index contributed by atoms with van der Waals surface area (Å²) < 4.78 is 1.63. The number of aromatic nitrogens is 4. The summed E-state index contributed by atoms with van der Waals surface area (Å²) in [7, 11) is 0. The van der Waals surface area contributed by atoms with Crippen molar-refractivity contribution in [3.63, 3.8) is 0 Å². The zero-order valence-corrected chi connectivity index (χ0v) is 12.8. The normalized spacial score (nSPS) is 11.9. The van der Waals surface area contributed by atoms with Gasteiger partial charge in [-0.1, -0.05) is 11.6 Å². The first kappa shape index (κ1) is 16.0. The monoisotopic (exact) mass is 324 g/mol. The summed E-state index contributed by atoms with van der Waals surface area (Å²) >= 11 is 5.76. The maximum Gasteiger partial charge on any atom is 0.243 e. The SMILES string of the molecule is CC(=O)N[C@@H](Cc1cnc[nH]1)C(=O)NCCn1cc(Cl)cn1. The topological polar surface area (TPSA) is 105 Å². The highest BCUT2D eigenvalue weighted by Crippen LogP contribution is 2.04. The lowest BCUT2D eigenvalue weighted by molar-refractivity contribution is -0.128. The Balaban J connectivity index is 1.86. The highest BCUT2D eigenvalue weighted by Gasteiger charge is 2.20. The molecule has 22 heavy (non-hydrogen) atoms. The number of rotatable bonds is 7. The van der Waals surface area contributed by atoms with Crippen LogP contribution < -0.4 is 10.6 Å². The summed E-state index contributed by atoms with van der Waals surface area (Å²) in [5.41, 5.74) is 0.771. The molecule has 2 rings (SSSR count). The summed E-state index contributed by atoms with van der Waals surface area (Å²) in [4.78, 5) is 30.2. The van der Waals surface area contributed by atoms with Gasteiger partial charge in [-0.25, -0.2) is 4.98 Å². The fourth-order valence-electron chi connectivity index (χ4n) is 1.95. The van der Waals surface area contributed by atoms with E-state index in [1.807, 2.05) is 0 Å². The van der Waals surface area contributed by atoms with Crippen molar-refractivity contribution >= 4 is 23.4 Å². The third-order valence-corrected chi connectivity index (χ3v) is 3.11. The minimum absolute atomic E-state index is 0.261. The van der Waals surface area contributed by atoms with E-state index < -0.39 is 6.04 Å². The lowest BCUT2D eigenvalue weighted by Crippen LogP contribution is -2.48. The van der Waals surface area contributed by atoms with Crippen molar-refractivity contribution in [3.05, 3.63) is 35.6 Å². The van der Waals surface area contributed by atoms with Gasteiger partial charge in [0, 0.05) is 38.0 Å². The van der Waals surface area contributed by atoms with E-state index in [0.717, 1.165) is 5.69 Å². The first-order valence-corrected chi connectivity index (χ1v) is 7.12. The van der Waals surface area contributed by atoms with E-state index in [2.05, 4.69) is 25.7 Å². The molecule has 118 valence electrons. The lowest BCUT2D eigenvalue weighted by atomic mass is 10.1. The molecule has 0 fully saturated rings. The summed E-state index contributed by atoms with van der Waals surface area (Å²) in [5, 5.41) is 9.96. The van der Waals surface area contributed by atoms with Crippen LogP contribution in [0.25, 0.3) is 0 Å². The number of H-pyrrole nitrogens is 1. The minimum Gasteiger partial charge on any atom is -0.352 e. The third-order valence-electron chi connectivity index (χ3n) is 2.91. The fraction of sp³-hybridized carbons (Fsp3) is 0.385. The molecule has 0 spiro atoms. The largest absolute Gasteiger partial charge is 0.352 e. The molecule has 1 atom stereocenters. The van der Waals surface area contributed by atoms with Crippen molar-refractivity contribution < 1.29 is 9.59 Å². The molecule has 3 N–H and O–H groups in total. The van der Waals surface area contributed by atoms with Gasteiger partial charge in [0.05, 0.1) is 24.1 Å². The number of imidazole rings is 1. The van der Waals surface area contributed by atoms with Crippen LogP contribution in [0.2, 0.25) is 5.02 Å². The lowest BCUT2D eigenvalue weighted by Gasteiger charge is -2.17. The zero-order valence-electron chi connectivity index (χ0n) is 12.0. The first-order valence-electron chi connectivity index (χ1n) is 6.74. The summed E-state index contributed by atoms with van der Waals surface area (Å²) in [6.45, 7) is 2.25. The molecule has 0 aliphatic heterocycles. The molecule has 2 aromatic rings. The second-order valence-corrected chi connectivity index (χ2v) is 5.18. The Morgan fingerprint density at radius 1 is 1.45 bits per heavy atom. The van der Waals surface area contributed by atoms with Gasteiger partial charge in [0.1, 0.15) is 6.04 Å². The summed E-state index contributed by atoms with van der Waals surface area (Å²) in [6.07, 6.45) is 6.69. The molecular weight excluding hydrogens is 308 g/mol. The van der Waals surface area contributed by atoms with Crippen molar-refractivity contribution in [2.24, 2.45) is 0 Å². The van der Waals surface area contributed by atoms with Crippen molar-refractivity contribution in [1.82, 2.24) is 30.4 Å². The Labute approximate surface area is 132 Å². The Hall–Kier alpha value is -2.35. The molecule has 8 nitrogen and oxygen atoms in total. The Bertz CT molecular complexity index is 624. The molecule has 0 aliphatic carbocycles. The molecule has 0 aliphatic rings. The second kappa shape index (κ2) is 7.60. The number of aromatic amines is 1. The van der Waals surface area contributed by atoms with Gasteiger partial charge in [-0.05, 0) is 0 Å². The maximum atomic E-state index is 12.2. The average molecular weight is 325 g/mol. The van der Waals surface area contributed by atoms with Gasteiger partial charge in [0.15, 0.2) is 0 Å². The van der Waals surface area contributed by atoms with Crippen LogP contribution in [-0.4, -0.2) is 44.1 Å². The molecule has 2 amide bonds. The van der Waals surface area contributed by atoms with Gasteiger partial charge in [-0.2, -0.15) is 5.10 Å². The van der Waals surface area contributed by atoms with Crippen LogP contribution in [-0.2, 0) is 22.6 Å². The van der Waals surface area contributed by atoms with Gasteiger partial charge >= 0.3 is 0 Å². The number of halogens is 1. The van der Waals surface area contributed by atoms with Crippen molar-refractivity contribution in [2.75, 3.05) is 6.54 Å². The highest BCUT2D eigenvalue weighted by molar-refractivity contribution is 6.30. The standard InChI is InChI=1S/C13H17ClN6O2/c1-9(21)19-12(4-11-6-15-8-17-11)13(22)16-2-3-20-7-10(14)5-18-20/h5-8,12H,2-4H2,1H3,(H,15,17)(H,16,22)(H,19,21)/t12-/m0/s1. The van der Waals surface area contributed by atoms with E-state index >= 15 is 0 Å². The van der Waals surface area contributed by atoms with Crippen LogP contribution in [0.1, 0.15) is 12.6 Å². The van der Waals surface area contributed by atoms with Crippen LogP contribution >= 0.6 is 11.6 Å². The number of amides is 2. The van der Waals surface area contributed by atoms with E-state index in [4.69, 9.17) is 11.6 Å². The number of hydrogen-bond acceptors (Lipinski definition) is 4. The molecular formula is C13H17ClN6O2. The highest BCUT2D eigenvalue weighted by atomic mass is 35.5. The van der Waals surface area contributed by atoms with Crippen molar-refractivity contribution in [2.45, 2.75) is 25.9 Å². The van der Waals surface area contributed by atoms with E-state index in [1.54, 1.807) is 17.1 Å². The van der Waals surface area contributed by atoms with E-state index in [9.17, 15) is 9.59 Å². The minimum atomic E-state index is -0.654. The fourth-order valence-corrected chi connectivity index (χ4v) is 2.10. The number of nitrogens with one attached hydrogen (secondary N) is 3. The number of carbonyl (C=O) groups is 2. The van der Waals surface area contributed by atoms with Gasteiger partial charge in [-0.15, -0.1) is 0 Å². The van der Waals surface area contributed by atoms with Crippen LogP contribution in [0.3, 0.4) is 0 Å². The average Bonchev–Trinajstić information content (AvgIpc) is 3.09. The second-order valence-electron chi connectivity index (χ2n) is 4.75. The van der Waals surface area contributed by atoms with Crippen molar-refractivity contribution in [1.29, 1.82) is 0 Å². The van der Waals surface area contributed by atoms with Crippen LogP contribution in [0.15, 0.2) is 24.9 Å². The molecule has 2 heterocycles. The van der Waals surface area contributed by atoms with Gasteiger partial charge in [0.25, 0.3) is 0 Å². The molecule has 0 radical (unpaired) electrons. The van der Waals surface area contributed by atoms with Crippen LogP contribution in [0, 0.1) is 0 Å². The Morgan fingerprint density at radius 3 is 2.86 bits per heavy atom. The number of carbonyl (C=O) groups excluding carboxylic acids is 2. The quantitative estimate of drug-likeness (QED) is 0.673. The predicted octanol–water partition coefficient (Wildman–Crippen LogP) is 0.123. The van der Waals surface area contributed by atoms with Crippen LogP contribution in [0.5, 0.6) is 0 Å².